The summed E-state index contributed by atoms with van der Waals surface area (Å²) in [6.07, 6.45) is -0.363. The molecule has 0 bridgehead atoms. The molecular weight excluding hydrogens is 263 g/mol. The molecule has 1 aromatic carbocycles. The highest BCUT2D eigenvalue weighted by Crippen LogP contribution is 2.13. The molecule has 4 nitrogen and oxygen atoms in total. The molecular formula is C12H12F3NO3. The first kappa shape index (κ1) is 15.0. The average Bonchev–Trinajstić information content (AvgIpc) is 2.37. The topological polar surface area (TPSA) is 66.4 Å². The summed E-state index contributed by atoms with van der Waals surface area (Å²) >= 11 is 0. The quantitative estimate of drug-likeness (QED) is 0.825. The lowest BCUT2D eigenvalue weighted by Gasteiger charge is -2.10. The molecule has 0 fully saturated rings. The number of carbonyl (C=O) groups excluding carboxylic acids is 1. The highest BCUT2D eigenvalue weighted by atomic mass is 19.2. The Bertz CT molecular complexity index is 479. The van der Waals surface area contributed by atoms with E-state index in [4.69, 9.17) is 5.11 Å². The number of alkyl halides is 1. The predicted molar refractivity (Wildman–Crippen MR) is 60.2 cm³/mol. The van der Waals surface area contributed by atoms with Gasteiger partial charge in [0.15, 0.2) is 17.7 Å². The fourth-order valence-electron chi connectivity index (χ4n) is 1.42. The van der Waals surface area contributed by atoms with Crippen LogP contribution in [0.15, 0.2) is 18.2 Å². The van der Waals surface area contributed by atoms with Gasteiger partial charge in [0.05, 0.1) is 0 Å². The molecule has 0 aliphatic heterocycles. The van der Waals surface area contributed by atoms with E-state index in [1.807, 2.05) is 5.32 Å². The Balaban J connectivity index is 2.55. The standard InChI is InChI=1S/C12H12F3NO3/c13-6-9(12(18)19)16-10(17)5-4-7-2-1-3-8(14)11(7)15/h1-3,9H,4-6H2,(H,16,17)(H,18,19). The summed E-state index contributed by atoms with van der Waals surface area (Å²) in [7, 11) is 0. The van der Waals surface area contributed by atoms with Crippen LogP contribution in [0.3, 0.4) is 0 Å². The summed E-state index contributed by atoms with van der Waals surface area (Å²) in [4.78, 5) is 21.8. The van der Waals surface area contributed by atoms with Crippen molar-refractivity contribution in [2.75, 3.05) is 6.67 Å². The molecule has 1 rings (SSSR count). The van der Waals surface area contributed by atoms with Gasteiger partial charge < -0.3 is 10.4 Å². The van der Waals surface area contributed by atoms with Crippen LogP contribution in [0, 0.1) is 11.6 Å². The summed E-state index contributed by atoms with van der Waals surface area (Å²) in [6.45, 7) is -1.24. The van der Waals surface area contributed by atoms with Crippen molar-refractivity contribution in [2.24, 2.45) is 0 Å². The minimum Gasteiger partial charge on any atom is -0.480 e. The second-order valence-electron chi connectivity index (χ2n) is 3.83. The minimum absolute atomic E-state index is 0.00211. The molecule has 1 amide bonds. The number of carboxylic acid groups (broad SMARTS) is 1. The van der Waals surface area contributed by atoms with Crippen molar-refractivity contribution >= 4 is 11.9 Å². The Hall–Kier alpha value is -2.05. The molecule has 2 N–H and O–H groups in total. The van der Waals surface area contributed by atoms with E-state index in [1.165, 1.54) is 12.1 Å². The summed E-state index contributed by atoms with van der Waals surface area (Å²) in [6, 6.07) is 1.94. The van der Waals surface area contributed by atoms with E-state index >= 15 is 0 Å². The molecule has 0 heterocycles. The monoisotopic (exact) mass is 275 g/mol. The number of carboxylic acids is 1. The zero-order valence-electron chi connectivity index (χ0n) is 9.83. The van der Waals surface area contributed by atoms with Gasteiger partial charge in [-0.2, -0.15) is 0 Å². The van der Waals surface area contributed by atoms with Gasteiger partial charge in [-0.25, -0.2) is 18.0 Å². The molecule has 1 aromatic rings. The first-order valence-electron chi connectivity index (χ1n) is 5.46. The van der Waals surface area contributed by atoms with Crippen molar-refractivity contribution in [3.05, 3.63) is 35.4 Å². The van der Waals surface area contributed by atoms with Crippen molar-refractivity contribution in [3.8, 4) is 0 Å². The van der Waals surface area contributed by atoms with Crippen LogP contribution < -0.4 is 5.32 Å². The Morgan fingerprint density at radius 3 is 2.58 bits per heavy atom. The molecule has 1 unspecified atom stereocenters. The van der Waals surface area contributed by atoms with E-state index in [9.17, 15) is 22.8 Å². The van der Waals surface area contributed by atoms with Crippen molar-refractivity contribution < 1.29 is 27.9 Å². The third-order valence-electron chi connectivity index (χ3n) is 2.44. The highest BCUT2D eigenvalue weighted by Gasteiger charge is 2.19. The van der Waals surface area contributed by atoms with Crippen LogP contribution in [-0.4, -0.2) is 29.7 Å². The summed E-state index contributed by atoms with van der Waals surface area (Å²) in [5.74, 6) is -4.30. The van der Waals surface area contributed by atoms with Crippen LogP contribution in [0.2, 0.25) is 0 Å². The Morgan fingerprint density at radius 2 is 2.00 bits per heavy atom. The summed E-state index contributed by atoms with van der Waals surface area (Å²) < 4.78 is 38.4. The zero-order chi connectivity index (χ0) is 14.4. The summed E-state index contributed by atoms with van der Waals surface area (Å²) in [5, 5.41) is 10.5. The normalized spacial score (nSPS) is 11.9. The van der Waals surface area contributed by atoms with E-state index in [0.717, 1.165) is 6.07 Å². The minimum atomic E-state index is -1.62. The third-order valence-corrected chi connectivity index (χ3v) is 2.44. The van der Waals surface area contributed by atoms with Crippen LogP contribution in [0.1, 0.15) is 12.0 Å². The average molecular weight is 275 g/mol. The fourth-order valence-corrected chi connectivity index (χ4v) is 1.42. The van der Waals surface area contributed by atoms with Crippen LogP contribution in [0.5, 0.6) is 0 Å². The van der Waals surface area contributed by atoms with Gasteiger partial charge in [0.1, 0.15) is 6.67 Å². The van der Waals surface area contributed by atoms with Crippen LogP contribution in [0.4, 0.5) is 13.2 Å². The Kier molecular flexibility index (Phi) is 5.35. The third kappa shape index (κ3) is 4.27. The number of rotatable bonds is 6. The predicted octanol–water partition coefficient (Wildman–Crippen LogP) is 1.44. The van der Waals surface area contributed by atoms with Crippen molar-refractivity contribution in [1.82, 2.24) is 5.32 Å². The smallest absolute Gasteiger partial charge is 0.328 e. The number of benzene rings is 1. The second kappa shape index (κ2) is 6.77. The molecule has 1 atom stereocenters. The number of hydrogen-bond donors (Lipinski definition) is 2. The van der Waals surface area contributed by atoms with Gasteiger partial charge in [0, 0.05) is 6.42 Å². The number of aryl methyl sites for hydroxylation is 1. The SMILES string of the molecule is O=C(CCc1cccc(F)c1F)NC(CF)C(=O)O. The maximum absolute atomic E-state index is 13.2. The summed E-state index contributed by atoms with van der Waals surface area (Å²) in [5.41, 5.74) is 0.00211. The van der Waals surface area contributed by atoms with E-state index in [0.29, 0.717) is 0 Å². The first-order valence-corrected chi connectivity index (χ1v) is 5.46. The largest absolute Gasteiger partial charge is 0.480 e. The van der Waals surface area contributed by atoms with Gasteiger partial charge in [-0.3, -0.25) is 4.79 Å². The van der Waals surface area contributed by atoms with Gasteiger partial charge in [-0.1, -0.05) is 12.1 Å². The van der Waals surface area contributed by atoms with Gasteiger partial charge in [0.25, 0.3) is 0 Å². The molecule has 0 saturated carbocycles. The Labute approximate surface area is 107 Å². The fraction of sp³-hybridized carbons (Fsp3) is 0.333. The molecule has 0 saturated heterocycles. The first-order chi connectivity index (χ1) is 8.95. The van der Waals surface area contributed by atoms with Gasteiger partial charge in [0.2, 0.25) is 5.91 Å². The lowest BCUT2D eigenvalue weighted by molar-refractivity contribution is -0.142. The molecule has 0 aliphatic rings. The van der Waals surface area contributed by atoms with E-state index in [-0.39, 0.29) is 18.4 Å². The molecule has 19 heavy (non-hydrogen) atoms. The number of amides is 1. The molecule has 0 aromatic heterocycles. The van der Waals surface area contributed by atoms with Crippen molar-refractivity contribution in [1.29, 1.82) is 0 Å². The number of aliphatic carboxylic acids is 1. The second-order valence-corrected chi connectivity index (χ2v) is 3.83. The maximum Gasteiger partial charge on any atom is 0.328 e. The van der Waals surface area contributed by atoms with Gasteiger partial charge >= 0.3 is 5.97 Å². The lowest BCUT2D eigenvalue weighted by atomic mass is 10.1. The van der Waals surface area contributed by atoms with E-state index in [1.54, 1.807) is 0 Å². The Morgan fingerprint density at radius 1 is 1.32 bits per heavy atom. The maximum atomic E-state index is 13.2. The van der Waals surface area contributed by atoms with Crippen molar-refractivity contribution in [3.63, 3.8) is 0 Å². The lowest BCUT2D eigenvalue weighted by Crippen LogP contribution is -2.42. The molecule has 0 aliphatic carbocycles. The van der Waals surface area contributed by atoms with Crippen LogP contribution in [0.25, 0.3) is 0 Å². The van der Waals surface area contributed by atoms with E-state index < -0.39 is 36.2 Å². The number of halogens is 3. The zero-order valence-corrected chi connectivity index (χ0v) is 9.83. The highest BCUT2D eigenvalue weighted by molar-refractivity contribution is 5.83. The molecule has 7 heteroatoms. The molecule has 104 valence electrons. The van der Waals surface area contributed by atoms with Crippen LogP contribution in [-0.2, 0) is 16.0 Å². The van der Waals surface area contributed by atoms with Gasteiger partial charge in [-0.15, -0.1) is 0 Å². The molecule has 0 spiro atoms. The number of carbonyl (C=O) groups is 2. The number of nitrogens with one attached hydrogen (secondary N) is 1. The molecule has 0 radical (unpaired) electrons. The van der Waals surface area contributed by atoms with Crippen LogP contribution >= 0.6 is 0 Å². The number of hydrogen-bond acceptors (Lipinski definition) is 2. The van der Waals surface area contributed by atoms with E-state index in [2.05, 4.69) is 0 Å². The van der Waals surface area contributed by atoms with Gasteiger partial charge in [-0.05, 0) is 18.1 Å². The van der Waals surface area contributed by atoms with Crippen molar-refractivity contribution in [2.45, 2.75) is 18.9 Å².